The highest BCUT2D eigenvalue weighted by Crippen LogP contribution is 2.37. The van der Waals surface area contributed by atoms with Gasteiger partial charge in [-0.25, -0.2) is 4.39 Å². The summed E-state index contributed by atoms with van der Waals surface area (Å²) in [5.41, 5.74) is 0.840. The third-order valence-electron chi connectivity index (χ3n) is 3.31. The van der Waals surface area contributed by atoms with Crippen LogP contribution in [-0.2, 0) is 11.2 Å². The van der Waals surface area contributed by atoms with Gasteiger partial charge in [-0.15, -0.1) is 0 Å². The monoisotopic (exact) mass is 206 g/mol. The van der Waals surface area contributed by atoms with Crippen LogP contribution in [0.1, 0.15) is 31.7 Å². The zero-order chi connectivity index (χ0) is 10.9. The van der Waals surface area contributed by atoms with E-state index in [1.807, 2.05) is 6.92 Å². The maximum atomic E-state index is 12.7. The SMILES string of the molecule is CC1(Cc2ccc(F)cc2)CCCC1=O. The van der Waals surface area contributed by atoms with Crippen LogP contribution < -0.4 is 0 Å². The Kier molecular flexibility index (Phi) is 2.59. The molecule has 0 radical (unpaired) electrons. The summed E-state index contributed by atoms with van der Waals surface area (Å²) < 4.78 is 12.7. The van der Waals surface area contributed by atoms with Crippen LogP contribution in [0.25, 0.3) is 0 Å². The van der Waals surface area contributed by atoms with Crippen molar-refractivity contribution in [3.63, 3.8) is 0 Å². The molecule has 0 aliphatic heterocycles. The third-order valence-corrected chi connectivity index (χ3v) is 3.31. The van der Waals surface area contributed by atoms with E-state index in [-0.39, 0.29) is 11.2 Å². The normalized spacial score (nSPS) is 25.9. The molecule has 0 heterocycles. The summed E-state index contributed by atoms with van der Waals surface area (Å²) in [7, 11) is 0. The number of benzene rings is 1. The van der Waals surface area contributed by atoms with Gasteiger partial charge >= 0.3 is 0 Å². The fraction of sp³-hybridized carbons (Fsp3) is 0.462. The molecule has 1 nitrogen and oxygen atoms in total. The van der Waals surface area contributed by atoms with Crippen molar-refractivity contribution >= 4 is 5.78 Å². The van der Waals surface area contributed by atoms with Crippen molar-refractivity contribution in [2.45, 2.75) is 32.6 Å². The number of rotatable bonds is 2. The van der Waals surface area contributed by atoms with E-state index in [4.69, 9.17) is 0 Å². The molecule has 15 heavy (non-hydrogen) atoms. The Morgan fingerprint density at radius 1 is 1.33 bits per heavy atom. The zero-order valence-electron chi connectivity index (χ0n) is 8.92. The molecule has 2 rings (SSSR count). The summed E-state index contributed by atoms with van der Waals surface area (Å²) >= 11 is 0. The zero-order valence-corrected chi connectivity index (χ0v) is 8.92. The van der Waals surface area contributed by atoms with Crippen LogP contribution >= 0.6 is 0 Å². The molecular formula is C13H15FO. The average molecular weight is 206 g/mol. The van der Waals surface area contributed by atoms with Gasteiger partial charge in [-0.05, 0) is 37.0 Å². The largest absolute Gasteiger partial charge is 0.299 e. The highest BCUT2D eigenvalue weighted by molar-refractivity contribution is 5.86. The lowest BCUT2D eigenvalue weighted by Crippen LogP contribution is -2.24. The number of carbonyl (C=O) groups is 1. The van der Waals surface area contributed by atoms with Crippen LogP contribution in [0.3, 0.4) is 0 Å². The Hall–Kier alpha value is -1.18. The predicted molar refractivity (Wildman–Crippen MR) is 57.1 cm³/mol. The lowest BCUT2D eigenvalue weighted by molar-refractivity contribution is -0.124. The molecule has 1 aromatic rings. The molecule has 0 spiro atoms. The fourth-order valence-electron chi connectivity index (χ4n) is 2.32. The van der Waals surface area contributed by atoms with Gasteiger partial charge in [-0.1, -0.05) is 19.1 Å². The molecule has 1 saturated carbocycles. The van der Waals surface area contributed by atoms with Crippen LogP contribution in [0.15, 0.2) is 24.3 Å². The van der Waals surface area contributed by atoms with Crippen molar-refractivity contribution in [3.05, 3.63) is 35.6 Å². The minimum absolute atomic E-state index is 0.210. The number of hydrogen-bond acceptors (Lipinski definition) is 1. The second-order valence-electron chi connectivity index (χ2n) is 4.64. The van der Waals surface area contributed by atoms with Gasteiger partial charge < -0.3 is 0 Å². The number of ketones is 1. The van der Waals surface area contributed by atoms with Gasteiger partial charge in [0, 0.05) is 11.8 Å². The Labute approximate surface area is 89.3 Å². The van der Waals surface area contributed by atoms with Crippen LogP contribution in [0.2, 0.25) is 0 Å². The van der Waals surface area contributed by atoms with Crippen molar-refractivity contribution in [1.82, 2.24) is 0 Å². The van der Waals surface area contributed by atoms with Crippen molar-refractivity contribution in [2.24, 2.45) is 5.41 Å². The molecule has 0 saturated heterocycles. The van der Waals surface area contributed by atoms with Gasteiger partial charge in [0.25, 0.3) is 0 Å². The van der Waals surface area contributed by atoms with Gasteiger partial charge in [0.15, 0.2) is 0 Å². The first-order chi connectivity index (χ1) is 7.10. The second-order valence-corrected chi connectivity index (χ2v) is 4.64. The van der Waals surface area contributed by atoms with Gasteiger partial charge in [0.05, 0.1) is 0 Å². The summed E-state index contributed by atoms with van der Waals surface area (Å²) in [6.07, 6.45) is 3.41. The standard InChI is InChI=1S/C13H15FO/c1-13(8-2-3-12(13)15)9-10-4-6-11(14)7-5-10/h4-7H,2-3,8-9H2,1H3. The molecule has 2 heteroatoms. The summed E-state index contributed by atoms with van der Waals surface area (Å²) in [5, 5.41) is 0. The lowest BCUT2D eigenvalue weighted by atomic mass is 9.81. The Morgan fingerprint density at radius 2 is 2.00 bits per heavy atom. The van der Waals surface area contributed by atoms with Gasteiger partial charge in [0.1, 0.15) is 11.6 Å². The lowest BCUT2D eigenvalue weighted by Gasteiger charge is -2.21. The maximum Gasteiger partial charge on any atom is 0.139 e. The van der Waals surface area contributed by atoms with Crippen molar-refractivity contribution in [1.29, 1.82) is 0 Å². The average Bonchev–Trinajstić information content (AvgIpc) is 2.51. The predicted octanol–water partition coefficient (Wildman–Crippen LogP) is 3.13. The minimum atomic E-state index is -0.221. The summed E-state index contributed by atoms with van der Waals surface area (Å²) in [5.74, 6) is 0.133. The van der Waals surface area contributed by atoms with Crippen LogP contribution in [0.4, 0.5) is 4.39 Å². The summed E-state index contributed by atoms with van der Waals surface area (Å²) in [6, 6.07) is 6.45. The molecule has 0 aromatic heterocycles. The number of hydrogen-bond donors (Lipinski definition) is 0. The second kappa shape index (κ2) is 3.76. The molecule has 0 bridgehead atoms. The molecule has 1 fully saturated rings. The van der Waals surface area contributed by atoms with Crippen molar-refractivity contribution in [3.8, 4) is 0 Å². The molecule has 1 aliphatic carbocycles. The van der Waals surface area contributed by atoms with E-state index < -0.39 is 0 Å². The maximum absolute atomic E-state index is 12.7. The first kappa shape index (κ1) is 10.3. The van der Waals surface area contributed by atoms with Crippen molar-refractivity contribution in [2.75, 3.05) is 0 Å². The van der Waals surface area contributed by atoms with E-state index in [2.05, 4.69) is 0 Å². The van der Waals surface area contributed by atoms with Crippen LogP contribution in [0, 0.1) is 11.2 Å². The van der Waals surface area contributed by atoms with E-state index in [1.54, 1.807) is 12.1 Å². The first-order valence-corrected chi connectivity index (χ1v) is 5.38. The Balaban J connectivity index is 2.14. The number of halogens is 1. The molecule has 1 aliphatic rings. The number of carbonyl (C=O) groups excluding carboxylic acids is 1. The number of Topliss-reactive ketones (excluding diaryl/α,β-unsaturated/α-hetero) is 1. The highest BCUT2D eigenvalue weighted by Gasteiger charge is 2.36. The first-order valence-electron chi connectivity index (χ1n) is 5.38. The molecule has 80 valence electrons. The molecule has 1 unspecified atom stereocenters. The van der Waals surface area contributed by atoms with E-state index in [0.717, 1.165) is 24.8 Å². The van der Waals surface area contributed by atoms with E-state index in [0.29, 0.717) is 12.2 Å². The third kappa shape index (κ3) is 2.09. The van der Waals surface area contributed by atoms with Crippen LogP contribution in [-0.4, -0.2) is 5.78 Å². The van der Waals surface area contributed by atoms with E-state index >= 15 is 0 Å². The molecule has 0 N–H and O–H groups in total. The Morgan fingerprint density at radius 3 is 2.53 bits per heavy atom. The van der Waals surface area contributed by atoms with Crippen molar-refractivity contribution < 1.29 is 9.18 Å². The van der Waals surface area contributed by atoms with Gasteiger partial charge in [-0.3, -0.25) is 4.79 Å². The fourth-order valence-corrected chi connectivity index (χ4v) is 2.32. The van der Waals surface area contributed by atoms with E-state index in [9.17, 15) is 9.18 Å². The summed E-state index contributed by atoms with van der Waals surface area (Å²) in [4.78, 5) is 11.7. The molecule has 0 amide bonds. The molecular weight excluding hydrogens is 191 g/mol. The Bertz CT molecular complexity index is 369. The topological polar surface area (TPSA) is 17.1 Å². The highest BCUT2D eigenvalue weighted by atomic mass is 19.1. The summed E-state index contributed by atoms with van der Waals surface area (Å²) in [6.45, 7) is 2.02. The smallest absolute Gasteiger partial charge is 0.139 e. The van der Waals surface area contributed by atoms with Gasteiger partial charge in [-0.2, -0.15) is 0 Å². The minimum Gasteiger partial charge on any atom is -0.299 e. The van der Waals surface area contributed by atoms with Crippen LogP contribution in [0.5, 0.6) is 0 Å². The van der Waals surface area contributed by atoms with Gasteiger partial charge in [0.2, 0.25) is 0 Å². The molecule has 1 atom stereocenters. The quantitative estimate of drug-likeness (QED) is 0.726. The van der Waals surface area contributed by atoms with E-state index in [1.165, 1.54) is 12.1 Å². The molecule has 1 aromatic carbocycles.